The molecule has 1 saturated carbocycles. The number of piperidine rings is 1. The first-order chi connectivity index (χ1) is 12.5. The standard InChI is InChI=1S/C20H28N2O4/c1-15(2)26-19(23)21-12-6-9-18(13-21)22(17-10-11-17)20(24)25-14-16-7-4-3-5-8-16/h3-5,7-8,15,17-18H,6,9-14H2,1-2H3. The molecule has 1 atom stereocenters. The largest absolute Gasteiger partial charge is 0.447 e. The van der Waals surface area contributed by atoms with Crippen LogP contribution in [0.15, 0.2) is 30.3 Å². The molecule has 0 bridgehead atoms. The van der Waals surface area contributed by atoms with E-state index in [1.54, 1.807) is 4.90 Å². The summed E-state index contributed by atoms with van der Waals surface area (Å²) in [4.78, 5) is 28.5. The second-order valence-electron chi connectivity index (χ2n) is 7.35. The Hall–Kier alpha value is -2.24. The number of hydrogen-bond donors (Lipinski definition) is 0. The topological polar surface area (TPSA) is 59.1 Å². The summed E-state index contributed by atoms with van der Waals surface area (Å²) in [6.45, 7) is 5.16. The van der Waals surface area contributed by atoms with Crippen LogP contribution >= 0.6 is 0 Å². The van der Waals surface area contributed by atoms with Gasteiger partial charge < -0.3 is 19.3 Å². The summed E-state index contributed by atoms with van der Waals surface area (Å²) < 4.78 is 10.9. The van der Waals surface area contributed by atoms with Crippen molar-refractivity contribution in [1.29, 1.82) is 0 Å². The summed E-state index contributed by atoms with van der Waals surface area (Å²) in [5.41, 5.74) is 0.974. The maximum absolute atomic E-state index is 12.7. The van der Waals surface area contributed by atoms with Crippen LogP contribution in [-0.4, -0.2) is 53.3 Å². The molecule has 1 aliphatic carbocycles. The number of rotatable bonds is 5. The molecule has 3 rings (SSSR count). The summed E-state index contributed by atoms with van der Waals surface area (Å²) in [5.74, 6) is 0. The Morgan fingerprint density at radius 3 is 2.54 bits per heavy atom. The Kier molecular flexibility index (Phi) is 6.01. The first-order valence-corrected chi connectivity index (χ1v) is 9.49. The third-order valence-electron chi connectivity index (χ3n) is 4.74. The van der Waals surface area contributed by atoms with E-state index in [0.717, 1.165) is 31.2 Å². The second-order valence-corrected chi connectivity index (χ2v) is 7.35. The molecular formula is C20H28N2O4. The highest BCUT2D eigenvalue weighted by molar-refractivity contribution is 5.70. The normalized spacial score (nSPS) is 20.0. The van der Waals surface area contributed by atoms with Crippen LogP contribution in [0.1, 0.15) is 45.1 Å². The van der Waals surface area contributed by atoms with Crippen molar-refractivity contribution in [2.45, 2.75) is 64.3 Å². The van der Waals surface area contributed by atoms with E-state index >= 15 is 0 Å². The molecule has 1 aliphatic heterocycles. The number of likely N-dealkylation sites (tertiary alicyclic amines) is 1. The third-order valence-corrected chi connectivity index (χ3v) is 4.74. The van der Waals surface area contributed by atoms with Crippen molar-refractivity contribution in [3.63, 3.8) is 0 Å². The van der Waals surface area contributed by atoms with Crippen molar-refractivity contribution in [1.82, 2.24) is 9.80 Å². The fourth-order valence-electron chi connectivity index (χ4n) is 3.37. The van der Waals surface area contributed by atoms with E-state index < -0.39 is 0 Å². The monoisotopic (exact) mass is 360 g/mol. The average molecular weight is 360 g/mol. The molecule has 6 heteroatoms. The molecule has 26 heavy (non-hydrogen) atoms. The minimum absolute atomic E-state index is 0.000708. The first kappa shape index (κ1) is 18.5. The van der Waals surface area contributed by atoms with E-state index in [1.807, 2.05) is 49.1 Å². The van der Waals surface area contributed by atoms with Crippen LogP contribution in [0.4, 0.5) is 9.59 Å². The van der Waals surface area contributed by atoms with Crippen LogP contribution in [0.5, 0.6) is 0 Å². The van der Waals surface area contributed by atoms with Gasteiger partial charge in [0.15, 0.2) is 0 Å². The van der Waals surface area contributed by atoms with Crippen LogP contribution in [0.3, 0.4) is 0 Å². The Bertz CT molecular complexity index is 615. The molecule has 1 aromatic rings. The summed E-state index contributed by atoms with van der Waals surface area (Å²) in [6, 6.07) is 9.93. The van der Waals surface area contributed by atoms with Crippen molar-refractivity contribution in [3.05, 3.63) is 35.9 Å². The van der Waals surface area contributed by atoms with E-state index in [9.17, 15) is 9.59 Å². The zero-order valence-electron chi connectivity index (χ0n) is 15.6. The highest BCUT2D eigenvalue weighted by atomic mass is 16.6. The fourth-order valence-corrected chi connectivity index (χ4v) is 3.37. The van der Waals surface area contributed by atoms with Crippen LogP contribution in [-0.2, 0) is 16.1 Å². The molecule has 1 saturated heterocycles. The zero-order valence-corrected chi connectivity index (χ0v) is 15.6. The van der Waals surface area contributed by atoms with Gasteiger partial charge in [0.25, 0.3) is 0 Å². The lowest BCUT2D eigenvalue weighted by Gasteiger charge is -2.38. The number of ether oxygens (including phenoxy) is 2. The van der Waals surface area contributed by atoms with Gasteiger partial charge in [0.1, 0.15) is 6.61 Å². The van der Waals surface area contributed by atoms with Gasteiger partial charge in [-0.05, 0) is 45.1 Å². The number of amides is 2. The maximum Gasteiger partial charge on any atom is 0.410 e. The third kappa shape index (κ3) is 4.90. The molecule has 2 fully saturated rings. The number of nitrogens with zero attached hydrogens (tertiary/aromatic N) is 2. The first-order valence-electron chi connectivity index (χ1n) is 9.49. The molecule has 0 N–H and O–H groups in total. The zero-order chi connectivity index (χ0) is 18.5. The van der Waals surface area contributed by atoms with Crippen molar-refractivity contribution in [2.75, 3.05) is 13.1 Å². The predicted octanol–water partition coefficient (Wildman–Crippen LogP) is 3.80. The molecule has 0 aromatic heterocycles. The second kappa shape index (κ2) is 8.43. The summed E-state index contributed by atoms with van der Waals surface area (Å²) in [7, 11) is 0. The van der Waals surface area contributed by atoms with E-state index in [1.165, 1.54) is 0 Å². The van der Waals surface area contributed by atoms with Crippen molar-refractivity contribution in [3.8, 4) is 0 Å². The molecule has 2 aliphatic rings. The van der Waals surface area contributed by atoms with Crippen LogP contribution in [0.2, 0.25) is 0 Å². The SMILES string of the molecule is CC(C)OC(=O)N1CCCC(N(C(=O)OCc2ccccc2)C2CC2)C1. The quantitative estimate of drug-likeness (QED) is 0.801. The highest BCUT2D eigenvalue weighted by Crippen LogP contribution is 2.32. The lowest BCUT2D eigenvalue weighted by atomic mass is 10.0. The Morgan fingerprint density at radius 1 is 1.15 bits per heavy atom. The van der Waals surface area contributed by atoms with E-state index in [2.05, 4.69) is 0 Å². The number of carbonyl (C=O) groups is 2. The molecule has 1 unspecified atom stereocenters. The van der Waals surface area contributed by atoms with E-state index in [0.29, 0.717) is 13.1 Å². The lowest BCUT2D eigenvalue weighted by Crippen LogP contribution is -2.52. The minimum Gasteiger partial charge on any atom is -0.447 e. The average Bonchev–Trinajstić information content (AvgIpc) is 3.46. The van der Waals surface area contributed by atoms with Gasteiger partial charge in [-0.3, -0.25) is 0 Å². The summed E-state index contributed by atoms with van der Waals surface area (Å²) >= 11 is 0. The van der Waals surface area contributed by atoms with Gasteiger partial charge in [-0.25, -0.2) is 9.59 Å². The van der Waals surface area contributed by atoms with Crippen molar-refractivity contribution in [2.24, 2.45) is 0 Å². The number of hydrogen-bond acceptors (Lipinski definition) is 4. The molecule has 6 nitrogen and oxygen atoms in total. The molecule has 1 heterocycles. The fraction of sp³-hybridized carbons (Fsp3) is 0.600. The van der Waals surface area contributed by atoms with Crippen molar-refractivity contribution < 1.29 is 19.1 Å². The lowest BCUT2D eigenvalue weighted by molar-refractivity contribution is 0.0360. The summed E-state index contributed by atoms with van der Waals surface area (Å²) in [6.07, 6.45) is 3.06. The van der Waals surface area contributed by atoms with Gasteiger partial charge in [0.05, 0.1) is 12.1 Å². The van der Waals surface area contributed by atoms with Crippen LogP contribution in [0.25, 0.3) is 0 Å². The molecule has 2 amide bonds. The Balaban J connectivity index is 1.60. The molecule has 1 aromatic carbocycles. The van der Waals surface area contributed by atoms with Gasteiger partial charge in [0, 0.05) is 19.1 Å². The summed E-state index contributed by atoms with van der Waals surface area (Å²) in [5, 5.41) is 0. The number of carbonyl (C=O) groups excluding carboxylic acids is 2. The Labute approximate surface area is 155 Å². The van der Waals surface area contributed by atoms with E-state index in [-0.39, 0.29) is 37.0 Å². The predicted molar refractivity (Wildman–Crippen MR) is 97.7 cm³/mol. The molecule has 142 valence electrons. The van der Waals surface area contributed by atoms with Gasteiger partial charge in [0.2, 0.25) is 0 Å². The van der Waals surface area contributed by atoms with Gasteiger partial charge in [-0.1, -0.05) is 30.3 Å². The van der Waals surface area contributed by atoms with Crippen LogP contribution in [0, 0.1) is 0 Å². The maximum atomic E-state index is 12.7. The molecule has 0 radical (unpaired) electrons. The smallest absolute Gasteiger partial charge is 0.410 e. The molecule has 0 spiro atoms. The molecular weight excluding hydrogens is 332 g/mol. The van der Waals surface area contributed by atoms with Crippen molar-refractivity contribution >= 4 is 12.2 Å². The van der Waals surface area contributed by atoms with Gasteiger partial charge in [-0.15, -0.1) is 0 Å². The van der Waals surface area contributed by atoms with E-state index in [4.69, 9.17) is 9.47 Å². The Morgan fingerprint density at radius 2 is 1.88 bits per heavy atom. The minimum atomic E-state index is -0.293. The van der Waals surface area contributed by atoms with Gasteiger partial charge in [-0.2, -0.15) is 0 Å². The van der Waals surface area contributed by atoms with Crippen LogP contribution < -0.4 is 0 Å². The highest BCUT2D eigenvalue weighted by Gasteiger charge is 2.40. The number of benzene rings is 1. The van der Waals surface area contributed by atoms with Gasteiger partial charge >= 0.3 is 12.2 Å².